The molecule has 2 N–H and O–H groups in total. The Kier molecular flexibility index (Phi) is 6.53. The summed E-state index contributed by atoms with van der Waals surface area (Å²) < 4.78 is 19.8. The summed E-state index contributed by atoms with van der Waals surface area (Å²) in [5.74, 6) is -2.00. The highest BCUT2D eigenvalue weighted by atomic mass is 19.1. The molecule has 0 unspecified atom stereocenters. The number of esters is 1. The second kappa shape index (κ2) is 9.46. The normalized spacial score (nSPS) is 10.3. The summed E-state index contributed by atoms with van der Waals surface area (Å²) in [5, 5.41) is 8.87. The molecule has 0 aliphatic heterocycles. The molecule has 1 aromatic heterocycles. The topological polar surface area (TPSA) is 102 Å². The predicted molar refractivity (Wildman–Crippen MR) is 106 cm³/mol. The molecule has 3 rings (SSSR count). The predicted octanol–water partition coefficient (Wildman–Crippen LogP) is 2.68. The van der Waals surface area contributed by atoms with E-state index >= 15 is 0 Å². The summed E-state index contributed by atoms with van der Waals surface area (Å²) in [6.07, 6.45) is 1.47. The second-order valence-corrected chi connectivity index (χ2v) is 6.16. The molecule has 3 amide bonds. The van der Waals surface area contributed by atoms with Crippen LogP contribution in [0.1, 0.15) is 17.3 Å². The molecule has 8 nitrogen and oxygen atoms in total. The summed E-state index contributed by atoms with van der Waals surface area (Å²) >= 11 is 0. The van der Waals surface area contributed by atoms with Gasteiger partial charge in [0.25, 0.3) is 5.91 Å². The Balaban J connectivity index is 1.84. The average molecular weight is 410 g/mol. The number of hydrogen-bond donors (Lipinski definition) is 2. The number of nitrogens with one attached hydrogen (secondary N) is 2. The van der Waals surface area contributed by atoms with Gasteiger partial charge in [-0.15, -0.1) is 0 Å². The van der Waals surface area contributed by atoms with Gasteiger partial charge in [-0.25, -0.2) is 18.7 Å². The zero-order valence-corrected chi connectivity index (χ0v) is 16.1. The van der Waals surface area contributed by atoms with Crippen molar-refractivity contribution in [3.63, 3.8) is 0 Å². The third-order valence-electron chi connectivity index (χ3n) is 4.00. The molecule has 2 aromatic carbocycles. The van der Waals surface area contributed by atoms with Crippen molar-refractivity contribution in [1.82, 2.24) is 20.4 Å². The van der Waals surface area contributed by atoms with Crippen molar-refractivity contribution in [2.75, 3.05) is 13.2 Å². The van der Waals surface area contributed by atoms with E-state index < -0.39 is 30.3 Å². The molecule has 3 aromatic rings. The number of benzene rings is 2. The molecule has 0 aliphatic carbocycles. The van der Waals surface area contributed by atoms with Crippen molar-refractivity contribution in [3.8, 4) is 16.9 Å². The number of halogens is 1. The third-order valence-corrected chi connectivity index (χ3v) is 4.00. The first-order valence-corrected chi connectivity index (χ1v) is 9.13. The first-order chi connectivity index (χ1) is 14.5. The highest BCUT2D eigenvalue weighted by Crippen LogP contribution is 2.24. The fourth-order valence-corrected chi connectivity index (χ4v) is 2.63. The van der Waals surface area contributed by atoms with E-state index in [0.717, 1.165) is 0 Å². The zero-order chi connectivity index (χ0) is 21.5. The minimum absolute atomic E-state index is 0.0938. The van der Waals surface area contributed by atoms with Gasteiger partial charge < -0.3 is 10.1 Å². The largest absolute Gasteiger partial charge is 0.452 e. The number of imide groups is 1. The Bertz CT molecular complexity index is 1050. The Morgan fingerprint density at radius 2 is 1.77 bits per heavy atom. The van der Waals surface area contributed by atoms with Crippen LogP contribution in [0.5, 0.6) is 0 Å². The van der Waals surface area contributed by atoms with Gasteiger partial charge in [0.05, 0.1) is 5.69 Å². The SMILES string of the molecule is CCNC(=O)NC(=O)COC(=O)c1cn(-c2ccccc2)nc1-c1ccc(F)cc1. The van der Waals surface area contributed by atoms with Crippen molar-refractivity contribution < 1.29 is 23.5 Å². The molecule has 0 saturated heterocycles. The number of nitrogens with zero attached hydrogens (tertiary/aromatic N) is 2. The molecule has 0 radical (unpaired) electrons. The fourth-order valence-electron chi connectivity index (χ4n) is 2.63. The van der Waals surface area contributed by atoms with Gasteiger partial charge in [-0.3, -0.25) is 10.1 Å². The number of urea groups is 1. The molecule has 0 saturated carbocycles. The minimum atomic E-state index is -0.803. The summed E-state index contributed by atoms with van der Waals surface area (Å²) in [5.41, 5.74) is 1.57. The van der Waals surface area contributed by atoms with Crippen molar-refractivity contribution in [3.05, 3.63) is 72.2 Å². The number of ether oxygens (including phenoxy) is 1. The van der Waals surface area contributed by atoms with E-state index in [0.29, 0.717) is 17.8 Å². The van der Waals surface area contributed by atoms with E-state index in [9.17, 15) is 18.8 Å². The van der Waals surface area contributed by atoms with Gasteiger partial charge in [0, 0.05) is 18.3 Å². The summed E-state index contributed by atoms with van der Waals surface area (Å²) in [7, 11) is 0. The Morgan fingerprint density at radius 1 is 1.07 bits per heavy atom. The van der Waals surface area contributed by atoms with Crippen molar-refractivity contribution in [1.29, 1.82) is 0 Å². The first-order valence-electron chi connectivity index (χ1n) is 9.13. The van der Waals surface area contributed by atoms with E-state index in [4.69, 9.17) is 4.74 Å². The molecular weight excluding hydrogens is 391 g/mol. The van der Waals surface area contributed by atoms with Crippen molar-refractivity contribution >= 4 is 17.9 Å². The van der Waals surface area contributed by atoms with Crippen molar-refractivity contribution in [2.45, 2.75) is 6.92 Å². The maximum atomic E-state index is 13.3. The molecular formula is C21H19FN4O4. The summed E-state index contributed by atoms with van der Waals surface area (Å²) in [6, 6.07) is 13.9. The van der Waals surface area contributed by atoms with Gasteiger partial charge in [0.1, 0.15) is 17.1 Å². The van der Waals surface area contributed by atoms with Crippen LogP contribution in [-0.4, -0.2) is 40.8 Å². The molecule has 0 aliphatic rings. The average Bonchev–Trinajstić information content (AvgIpc) is 3.19. The molecule has 0 spiro atoms. The lowest BCUT2D eigenvalue weighted by Crippen LogP contribution is -2.41. The third kappa shape index (κ3) is 5.07. The fraction of sp³-hybridized carbons (Fsp3) is 0.143. The summed E-state index contributed by atoms with van der Waals surface area (Å²) in [4.78, 5) is 35.8. The maximum Gasteiger partial charge on any atom is 0.342 e. The molecule has 1 heterocycles. The van der Waals surface area contributed by atoms with Crippen LogP contribution in [-0.2, 0) is 9.53 Å². The van der Waals surface area contributed by atoms with Gasteiger partial charge in [0.2, 0.25) is 0 Å². The smallest absolute Gasteiger partial charge is 0.342 e. The first kappa shape index (κ1) is 20.7. The van der Waals surface area contributed by atoms with Crippen LogP contribution in [0.3, 0.4) is 0 Å². The van der Waals surface area contributed by atoms with Crippen LogP contribution in [0.25, 0.3) is 16.9 Å². The quantitative estimate of drug-likeness (QED) is 0.609. The van der Waals surface area contributed by atoms with Gasteiger partial charge >= 0.3 is 12.0 Å². The molecule has 0 fully saturated rings. The number of carbonyl (C=O) groups excluding carboxylic acids is 3. The number of para-hydroxylation sites is 1. The Morgan fingerprint density at radius 3 is 2.43 bits per heavy atom. The summed E-state index contributed by atoms with van der Waals surface area (Å²) in [6.45, 7) is 1.40. The van der Waals surface area contributed by atoms with E-state index in [1.54, 1.807) is 19.1 Å². The molecule has 0 bridgehead atoms. The Hall–Kier alpha value is -4.01. The molecule has 0 atom stereocenters. The van der Waals surface area contributed by atoms with E-state index in [2.05, 4.69) is 10.4 Å². The van der Waals surface area contributed by atoms with Crippen LogP contribution in [0.2, 0.25) is 0 Å². The Labute approximate surface area is 171 Å². The lowest BCUT2D eigenvalue weighted by atomic mass is 10.1. The molecule has 154 valence electrons. The number of hydrogen-bond acceptors (Lipinski definition) is 5. The van der Waals surface area contributed by atoms with Gasteiger partial charge in [-0.05, 0) is 43.3 Å². The lowest BCUT2D eigenvalue weighted by Gasteiger charge is -2.06. The van der Waals surface area contributed by atoms with Crippen LogP contribution >= 0.6 is 0 Å². The van der Waals surface area contributed by atoms with Gasteiger partial charge in [-0.1, -0.05) is 18.2 Å². The monoisotopic (exact) mass is 410 g/mol. The van der Waals surface area contributed by atoms with E-state index in [1.807, 2.05) is 23.5 Å². The van der Waals surface area contributed by atoms with Crippen LogP contribution in [0, 0.1) is 5.82 Å². The number of rotatable bonds is 6. The highest BCUT2D eigenvalue weighted by molar-refractivity contribution is 5.99. The highest BCUT2D eigenvalue weighted by Gasteiger charge is 2.21. The van der Waals surface area contributed by atoms with Gasteiger partial charge in [-0.2, -0.15) is 5.10 Å². The number of amides is 3. The lowest BCUT2D eigenvalue weighted by molar-refractivity contribution is -0.123. The molecule has 9 heteroatoms. The minimum Gasteiger partial charge on any atom is -0.452 e. The van der Waals surface area contributed by atoms with Crippen LogP contribution in [0.15, 0.2) is 60.8 Å². The van der Waals surface area contributed by atoms with E-state index in [-0.39, 0.29) is 11.3 Å². The second-order valence-electron chi connectivity index (χ2n) is 6.16. The molecule has 30 heavy (non-hydrogen) atoms. The number of aromatic nitrogens is 2. The van der Waals surface area contributed by atoms with Crippen molar-refractivity contribution in [2.24, 2.45) is 0 Å². The number of carbonyl (C=O) groups is 3. The standard InChI is InChI=1S/C21H19FN4O4/c1-2-23-21(29)24-18(27)13-30-20(28)17-12-26(16-6-4-3-5-7-16)25-19(17)14-8-10-15(22)11-9-14/h3-12H,2,13H2,1H3,(H2,23,24,27,29). The maximum absolute atomic E-state index is 13.3. The van der Waals surface area contributed by atoms with Gasteiger partial charge in [0.15, 0.2) is 6.61 Å². The van der Waals surface area contributed by atoms with Crippen LogP contribution < -0.4 is 10.6 Å². The zero-order valence-electron chi connectivity index (χ0n) is 16.1. The van der Waals surface area contributed by atoms with Crippen LogP contribution in [0.4, 0.5) is 9.18 Å². The van der Waals surface area contributed by atoms with E-state index in [1.165, 1.54) is 35.1 Å².